The molecular formula is C33H42O9. The van der Waals surface area contributed by atoms with Crippen LogP contribution >= 0.6 is 0 Å². The molecule has 0 saturated heterocycles. The molecule has 3 rings (SSSR count). The fraction of sp³-hybridized carbons (Fsp3) is 0.545. The minimum absolute atomic E-state index is 0.0850. The summed E-state index contributed by atoms with van der Waals surface area (Å²) in [5.41, 5.74) is -1.51. The van der Waals surface area contributed by atoms with Gasteiger partial charge in [0.05, 0.1) is 11.5 Å². The zero-order chi connectivity index (χ0) is 31.4. The smallest absolute Gasteiger partial charge is 0.338 e. The number of ketones is 1. The molecule has 228 valence electrons. The van der Waals surface area contributed by atoms with E-state index in [2.05, 4.69) is 0 Å². The monoisotopic (exact) mass is 582 g/mol. The lowest BCUT2D eigenvalue weighted by Gasteiger charge is -2.43. The van der Waals surface area contributed by atoms with Crippen LogP contribution in [0.1, 0.15) is 78.6 Å². The van der Waals surface area contributed by atoms with Gasteiger partial charge < -0.3 is 18.9 Å². The number of fused-ring (bicyclic) bond motifs is 1. The predicted molar refractivity (Wildman–Crippen MR) is 154 cm³/mol. The SMILES string of the molecule is CC(=O)O[C@@H]1[C@@H](C)/C=C/C(C)(C)C(=O)C[C@@H](OC(C)=O)/C(C)=C/[C@H]2[C@@H](OC(=O)c3ccccc3)[C@@H](C)C[C@]12OC(C)=O. The second kappa shape index (κ2) is 13.0. The maximum atomic E-state index is 13.4. The number of Topliss-reactive ketones (excluding diaryl/α,β-unsaturated/α-hetero) is 1. The molecule has 0 heterocycles. The highest BCUT2D eigenvalue weighted by Crippen LogP contribution is 2.51. The molecule has 1 aromatic rings. The normalized spacial score (nSPS) is 33.0. The van der Waals surface area contributed by atoms with Gasteiger partial charge in [0.15, 0.2) is 5.60 Å². The van der Waals surface area contributed by atoms with Crippen molar-refractivity contribution < 1.29 is 42.9 Å². The zero-order valence-corrected chi connectivity index (χ0v) is 25.7. The van der Waals surface area contributed by atoms with E-state index in [0.29, 0.717) is 11.1 Å². The van der Waals surface area contributed by atoms with Crippen molar-refractivity contribution in [2.45, 2.75) is 92.1 Å². The highest BCUT2D eigenvalue weighted by molar-refractivity contribution is 5.89. The molecule has 0 amide bonds. The molecule has 0 radical (unpaired) electrons. The number of hydrogen-bond donors (Lipinski definition) is 0. The summed E-state index contributed by atoms with van der Waals surface area (Å²) in [6.45, 7) is 12.8. The third kappa shape index (κ3) is 7.36. The first kappa shape index (κ1) is 32.8. The molecule has 0 N–H and O–H groups in total. The van der Waals surface area contributed by atoms with E-state index in [9.17, 15) is 24.0 Å². The quantitative estimate of drug-likeness (QED) is 0.263. The molecule has 2 aliphatic rings. The molecule has 9 nitrogen and oxygen atoms in total. The number of hydrogen-bond acceptors (Lipinski definition) is 9. The Labute approximate surface area is 247 Å². The molecule has 1 fully saturated rings. The second-order valence-corrected chi connectivity index (χ2v) is 12.1. The van der Waals surface area contributed by atoms with E-state index in [1.165, 1.54) is 20.8 Å². The maximum absolute atomic E-state index is 13.4. The number of rotatable bonds is 5. The van der Waals surface area contributed by atoms with Crippen LogP contribution in [0.25, 0.3) is 0 Å². The Hall–Kier alpha value is -3.75. The summed E-state index contributed by atoms with van der Waals surface area (Å²) < 4.78 is 23.8. The van der Waals surface area contributed by atoms with Crippen LogP contribution in [0.5, 0.6) is 0 Å². The second-order valence-electron chi connectivity index (χ2n) is 12.1. The van der Waals surface area contributed by atoms with Crippen LogP contribution in [-0.4, -0.2) is 53.6 Å². The van der Waals surface area contributed by atoms with Crippen LogP contribution in [0, 0.1) is 23.2 Å². The Morgan fingerprint density at radius 2 is 1.50 bits per heavy atom. The summed E-state index contributed by atoms with van der Waals surface area (Å²) in [4.78, 5) is 64.0. The summed E-state index contributed by atoms with van der Waals surface area (Å²) in [5, 5.41) is 0. The van der Waals surface area contributed by atoms with Crippen LogP contribution in [0.3, 0.4) is 0 Å². The maximum Gasteiger partial charge on any atom is 0.338 e. The lowest BCUT2D eigenvalue weighted by Crippen LogP contribution is -2.55. The highest BCUT2D eigenvalue weighted by atomic mass is 16.6. The van der Waals surface area contributed by atoms with Gasteiger partial charge in [-0.3, -0.25) is 19.2 Å². The predicted octanol–water partition coefficient (Wildman–Crippen LogP) is 5.17. The van der Waals surface area contributed by atoms with Gasteiger partial charge in [-0.05, 0) is 50.8 Å². The molecule has 9 heteroatoms. The molecule has 0 aliphatic heterocycles. The molecule has 7 atom stereocenters. The molecule has 0 unspecified atom stereocenters. The van der Waals surface area contributed by atoms with Crippen LogP contribution < -0.4 is 0 Å². The fourth-order valence-electron chi connectivity index (χ4n) is 6.05. The number of ether oxygens (including phenoxy) is 4. The van der Waals surface area contributed by atoms with Gasteiger partial charge in [0.25, 0.3) is 0 Å². The Morgan fingerprint density at radius 1 is 0.881 bits per heavy atom. The van der Waals surface area contributed by atoms with E-state index in [1.54, 1.807) is 69.3 Å². The Bertz CT molecular complexity index is 1260. The van der Waals surface area contributed by atoms with E-state index >= 15 is 0 Å². The number of benzene rings is 1. The van der Waals surface area contributed by atoms with E-state index < -0.39 is 65.0 Å². The molecule has 1 saturated carbocycles. The lowest BCUT2D eigenvalue weighted by atomic mass is 9.75. The van der Waals surface area contributed by atoms with E-state index in [-0.39, 0.29) is 24.5 Å². The van der Waals surface area contributed by atoms with Crippen molar-refractivity contribution in [2.24, 2.45) is 23.2 Å². The Kier molecular flexibility index (Phi) is 10.2. The van der Waals surface area contributed by atoms with Crippen LogP contribution in [-0.2, 0) is 38.1 Å². The minimum atomic E-state index is -1.45. The van der Waals surface area contributed by atoms with Crippen molar-refractivity contribution >= 4 is 29.7 Å². The Morgan fingerprint density at radius 3 is 2.07 bits per heavy atom. The molecule has 42 heavy (non-hydrogen) atoms. The summed E-state index contributed by atoms with van der Waals surface area (Å²) in [7, 11) is 0. The standard InChI is InChI=1S/C33H42O9/c1-19-14-15-32(7,8)28(37)17-27(39-22(4)34)20(2)16-26-29(41-31(38)25-12-10-9-11-13-25)21(3)18-33(26,42-24(6)36)30(19)40-23(5)35/h9-16,19,21,26-27,29-30H,17-18H2,1-8H3/b15-14+,20-16+/t19-,21-,26-,27+,29-,30+,33+/m0/s1. The third-order valence-electron chi connectivity index (χ3n) is 8.12. The molecule has 0 spiro atoms. The topological polar surface area (TPSA) is 122 Å². The van der Waals surface area contributed by atoms with Gasteiger partial charge in [-0.1, -0.05) is 50.3 Å². The van der Waals surface area contributed by atoms with E-state index in [1.807, 2.05) is 13.8 Å². The molecular weight excluding hydrogens is 540 g/mol. The Balaban J connectivity index is 2.29. The minimum Gasteiger partial charge on any atom is -0.458 e. The van der Waals surface area contributed by atoms with E-state index in [0.717, 1.165) is 0 Å². The first-order chi connectivity index (χ1) is 19.6. The van der Waals surface area contributed by atoms with Gasteiger partial charge >= 0.3 is 23.9 Å². The third-order valence-corrected chi connectivity index (χ3v) is 8.12. The van der Waals surface area contributed by atoms with Gasteiger partial charge in [-0.25, -0.2) is 4.79 Å². The average molecular weight is 583 g/mol. The summed E-state index contributed by atoms with van der Waals surface area (Å²) in [6.07, 6.45) is 2.67. The summed E-state index contributed by atoms with van der Waals surface area (Å²) in [6, 6.07) is 8.52. The molecule has 0 aromatic heterocycles. The van der Waals surface area contributed by atoms with Crippen molar-refractivity contribution in [3.63, 3.8) is 0 Å². The van der Waals surface area contributed by atoms with Crippen LogP contribution in [0.4, 0.5) is 0 Å². The molecule has 0 bridgehead atoms. The van der Waals surface area contributed by atoms with Crippen LogP contribution in [0.2, 0.25) is 0 Å². The van der Waals surface area contributed by atoms with Gasteiger partial charge in [0.1, 0.15) is 24.1 Å². The number of esters is 4. The van der Waals surface area contributed by atoms with Gasteiger partial charge in [-0.2, -0.15) is 0 Å². The largest absolute Gasteiger partial charge is 0.458 e. The number of carbonyl (C=O) groups is 5. The number of allylic oxidation sites excluding steroid dienone is 1. The molecule has 1 aromatic carbocycles. The van der Waals surface area contributed by atoms with Crippen molar-refractivity contribution in [3.05, 3.63) is 59.7 Å². The fourth-order valence-corrected chi connectivity index (χ4v) is 6.05. The summed E-state index contributed by atoms with van der Waals surface area (Å²) in [5.74, 6) is -4.12. The van der Waals surface area contributed by atoms with Gasteiger partial charge in [0, 0.05) is 38.5 Å². The first-order valence-electron chi connectivity index (χ1n) is 14.3. The van der Waals surface area contributed by atoms with Crippen molar-refractivity contribution in [1.82, 2.24) is 0 Å². The van der Waals surface area contributed by atoms with Crippen molar-refractivity contribution in [3.8, 4) is 0 Å². The van der Waals surface area contributed by atoms with Crippen molar-refractivity contribution in [2.75, 3.05) is 0 Å². The lowest BCUT2D eigenvalue weighted by molar-refractivity contribution is -0.195. The first-order valence-corrected chi connectivity index (χ1v) is 14.3. The summed E-state index contributed by atoms with van der Waals surface area (Å²) >= 11 is 0. The average Bonchev–Trinajstić information content (AvgIpc) is 3.14. The van der Waals surface area contributed by atoms with Crippen LogP contribution in [0.15, 0.2) is 54.1 Å². The van der Waals surface area contributed by atoms with Gasteiger partial charge in [0.2, 0.25) is 0 Å². The van der Waals surface area contributed by atoms with Gasteiger partial charge in [-0.15, -0.1) is 0 Å². The van der Waals surface area contributed by atoms with Crippen molar-refractivity contribution in [1.29, 1.82) is 0 Å². The van der Waals surface area contributed by atoms with E-state index in [4.69, 9.17) is 18.9 Å². The zero-order valence-electron chi connectivity index (χ0n) is 25.7. The number of carbonyl (C=O) groups excluding carboxylic acids is 5. The highest BCUT2D eigenvalue weighted by Gasteiger charge is 2.62. The molecule has 2 aliphatic carbocycles.